The molecule has 3 rings (SSSR count). The molecule has 4 nitrogen and oxygen atoms in total. The lowest BCUT2D eigenvalue weighted by molar-refractivity contribution is 0.388. The van der Waals surface area contributed by atoms with Crippen LogP contribution in [0.1, 0.15) is 44.9 Å². The Labute approximate surface area is 110 Å². The summed E-state index contributed by atoms with van der Waals surface area (Å²) in [7, 11) is -3.00. The Hall–Kier alpha value is -0.130. The van der Waals surface area contributed by atoms with Gasteiger partial charge in [0.25, 0.3) is 0 Å². The Balaban J connectivity index is 1.46. The average Bonchev–Trinajstić information content (AvgIpc) is 3.14. The van der Waals surface area contributed by atoms with Crippen molar-refractivity contribution in [3.63, 3.8) is 0 Å². The molecule has 1 N–H and O–H groups in total. The zero-order valence-corrected chi connectivity index (χ0v) is 11.8. The standard InChI is InChI=1S/C13H24N2O2S/c16-18(17,9-1-8-14-12-4-5-12)15(13-6-7-13)10-11-2-3-11/h11-14H,1-10H2. The van der Waals surface area contributed by atoms with Crippen molar-refractivity contribution < 1.29 is 8.42 Å². The molecular weight excluding hydrogens is 248 g/mol. The Morgan fingerprint density at radius 1 is 1.06 bits per heavy atom. The van der Waals surface area contributed by atoms with Gasteiger partial charge in [0.15, 0.2) is 0 Å². The van der Waals surface area contributed by atoms with Gasteiger partial charge in [0.05, 0.1) is 5.75 Å². The maximum absolute atomic E-state index is 12.3. The third-order valence-electron chi connectivity index (χ3n) is 4.04. The van der Waals surface area contributed by atoms with Gasteiger partial charge in [0.1, 0.15) is 0 Å². The van der Waals surface area contributed by atoms with Crippen molar-refractivity contribution in [2.75, 3.05) is 18.8 Å². The second-order valence-corrected chi connectivity index (χ2v) is 8.18. The second kappa shape index (κ2) is 5.10. The van der Waals surface area contributed by atoms with Crippen LogP contribution in [0.2, 0.25) is 0 Å². The summed E-state index contributed by atoms with van der Waals surface area (Å²) in [6.07, 6.45) is 7.89. The Bertz CT molecular complexity index is 384. The summed E-state index contributed by atoms with van der Waals surface area (Å²) in [5, 5.41) is 3.38. The molecule has 3 aliphatic carbocycles. The van der Waals surface area contributed by atoms with Gasteiger partial charge in [-0.15, -0.1) is 0 Å². The summed E-state index contributed by atoms with van der Waals surface area (Å²) in [5.41, 5.74) is 0. The van der Waals surface area contributed by atoms with Crippen LogP contribution in [-0.2, 0) is 10.0 Å². The second-order valence-electron chi connectivity index (χ2n) is 6.14. The number of sulfonamides is 1. The van der Waals surface area contributed by atoms with Gasteiger partial charge in [-0.05, 0) is 57.4 Å². The zero-order valence-electron chi connectivity index (χ0n) is 11.0. The molecule has 0 aliphatic heterocycles. The fraction of sp³-hybridized carbons (Fsp3) is 1.00. The molecule has 104 valence electrons. The quantitative estimate of drug-likeness (QED) is 0.644. The van der Waals surface area contributed by atoms with E-state index in [4.69, 9.17) is 0 Å². The van der Waals surface area contributed by atoms with E-state index in [0.29, 0.717) is 23.8 Å². The maximum Gasteiger partial charge on any atom is 0.214 e. The van der Waals surface area contributed by atoms with E-state index in [1.54, 1.807) is 0 Å². The molecule has 0 bridgehead atoms. The third-order valence-corrected chi connectivity index (χ3v) is 6.00. The van der Waals surface area contributed by atoms with Gasteiger partial charge in [-0.1, -0.05) is 0 Å². The van der Waals surface area contributed by atoms with Crippen LogP contribution in [0.25, 0.3) is 0 Å². The lowest BCUT2D eigenvalue weighted by Gasteiger charge is -2.21. The first-order valence-electron chi connectivity index (χ1n) is 7.38. The molecular formula is C13H24N2O2S. The normalized spacial score (nSPS) is 24.7. The molecule has 0 saturated heterocycles. The maximum atomic E-state index is 12.3. The molecule has 0 amide bonds. The van der Waals surface area contributed by atoms with Crippen LogP contribution >= 0.6 is 0 Å². The molecule has 0 heterocycles. The highest BCUT2D eigenvalue weighted by atomic mass is 32.2. The molecule has 0 aromatic heterocycles. The summed E-state index contributed by atoms with van der Waals surface area (Å²) >= 11 is 0. The molecule has 0 atom stereocenters. The van der Waals surface area contributed by atoms with Gasteiger partial charge in [0.2, 0.25) is 10.0 Å². The van der Waals surface area contributed by atoms with Crippen molar-refractivity contribution >= 4 is 10.0 Å². The van der Waals surface area contributed by atoms with Crippen molar-refractivity contribution in [3.05, 3.63) is 0 Å². The fourth-order valence-corrected chi connectivity index (χ4v) is 4.22. The van der Waals surface area contributed by atoms with E-state index in [-0.39, 0.29) is 0 Å². The van der Waals surface area contributed by atoms with Gasteiger partial charge in [-0.25, -0.2) is 8.42 Å². The highest BCUT2D eigenvalue weighted by molar-refractivity contribution is 7.89. The van der Waals surface area contributed by atoms with Crippen LogP contribution in [-0.4, -0.2) is 43.6 Å². The lowest BCUT2D eigenvalue weighted by atomic mass is 10.4. The number of nitrogens with zero attached hydrogens (tertiary/aromatic N) is 1. The summed E-state index contributed by atoms with van der Waals surface area (Å²) in [6.45, 7) is 1.65. The molecule has 5 heteroatoms. The van der Waals surface area contributed by atoms with Crippen LogP contribution < -0.4 is 5.32 Å². The summed E-state index contributed by atoms with van der Waals surface area (Å²) in [4.78, 5) is 0. The van der Waals surface area contributed by atoms with Crippen molar-refractivity contribution in [3.8, 4) is 0 Å². The van der Waals surface area contributed by atoms with Crippen LogP contribution in [0.15, 0.2) is 0 Å². The van der Waals surface area contributed by atoms with E-state index in [1.165, 1.54) is 25.7 Å². The van der Waals surface area contributed by atoms with Crippen molar-refractivity contribution in [2.45, 2.75) is 57.0 Å². The minimum Gasteiger partial charge on any atom is -0.314 e. The molecule has 18 heavy (non-hydrogen) atoms. The first-order valence-corrected chi connectivity index (χ1v) is 8.99. The van der Waals surface area contributed by atoms with E-state index >= 15 is 0 Å². The van der Waals surface area contributed by atoms with Gasteiger partial charge < -0.3 is 5.32 Å². The predicted octanol–water partition coefficient (Wildman–Crippen LogP) is 1.33. The van der Waals surface area contributed by atoms with Gasteiger partial charge in [0, 0.05) is 18.6 Å². The smallest absolute Gasteiger partial charge is 0.214 e. The Morgan fingerprint density at radius 3 is 2.33 bits per heavy atom. The summed E-state index contributed by atoms with van der Waals surface area (Å²) in [5.74, 6) is 0.987. The van der Waals surface area contributed by atoms with E-state index < -0.39 is 10.0 Å². The van der Waals surface area contributed by atoms with Crippen molar-refractivity contribution in [2.24, 2.45) is 5.92 Å². The Morgan fingerprint density at radius 2 is 1.78 bits per heavy atom. The molecule has 0 aromatic rings. The predicted molar refractivity (Wildman–Crippen MR) is 71.9 cm³/mol. The fourth-order valence-electron chi connectivity index (χ4n) is 2.37. The first kappa shape index (κ1) is 12.9. The molecule has 3 fully saturated rings. The van der Waals surface area contributed by atoms with Gasteiger partial charge in [-0.3, -0.25) is 0 Å². The zero-order chi connectivity index (χ0) is 12.6. The van der Waals surface area contributed by atoms with E-state index in [2.05, 4.69) is 5.32 Å². The highest BCUT2D eigenvalue weighted by Gasteiger charge is 2.39. The van der Waals surface area contributed by atoms with E-state index in [0.717, 1.165) is 32.4 Å². The van der Waals surface area contributed by atoms with Crippen LogP contribution in [0.4, 0.5) is 0 Å². The monoisotopic (exact) mass is 272 g/mol. The SMILES string of the molecule is O=S(=O)(CCCNC1CC1)N(CC1CC1)C1CC1. The van der Waals surface area contributed by atoms with E-state index in [1.807, 2.05) is 4.31 Å². The Kier molecular flexibility index (Phi) is 3.65. The number of nitrogens with one attached hydrogen (secondary N) is 1. The van der Waals surface area contributed by atoms with Crippen LogP contribution in [0, 0.1) is 5.92 Å². The molecule has 3 saturated carbocycles. The van der Waals surface area contributed by atoms with Gasteiger partial charge in [-0.2, -0.15) is 4.31 Å². The molecule has 0 radical (unpaired) electrons. The minimum atomic E-state index is -3.00. The minimum absolute atomic E-state index is 0.329. The van der Waals surface area contributed by atoms with Gasteiger partial charge >= 0.3 is 0 Å². The molecule has 0 unspecified atom stereocenters. The molecule has 0 aromatic carbocycles. The highest BCUT2D eigenvalue weighted by Crippen LogP contribution is 2.36. The summed E-state index contributed by atoms with van der Waals surface area (Å²) in [6, 6.07) is 1.02. The largest absolute Gasteiger partial charge is 0.314 e. The molecule has 3 aliphatic rings. The van der Waals surface area contributed by atoms with Crippen molar-refractivity contribution in [1.82, 2.24) is 9.62 Å². The van der Waals surface area contributed by atoms with Crippen LogP contribution in [0.5, 0.6) is 0 Å². The lowest BCUT2D eigenvalue weighted by Crippen LogP contribution is -2.37. The van der Waals surface area contributed by atoms with Crippen molar-refractivity contribution in [1.29, 1.82) is 0 Å². The molecule has 0 spiro atoms. The number of hydrogen-bond donors (Lipinski definition) is 1. The number of rotatable bonds is 9. The summed E-state index contributed by atoms with van der Waals surface area (Å²) < 4.78 is 26.5. The average molecular weight is 272 g/mol. The third kappa shape index (κ3) is 3.68. The first-order chi connectivity index (χ1) is 8.65. The topological polar surface area (TPSA) is 49.4 Å². The van der Waals surface area contributed by atoms with Crippen LogP contribution in [0.3, 0.4) is 0 Å². The van der Waals surface area contributed by atoms with E-state index in [9.17, 15) is 8.42 Å². The number of hydrogen-bond acceptors (Lipinski definition) is 3.